The van der Waals surface area contributed by atoms with Gasteiger partial charge in [0.15, 0.2) is 0 Å². The van der Waals surface area contributed by atoms with Crippen LogP contribution in [0.15, 0.2) is 0 Å². The summed E-state index contributed by atoms with van der Waals surface area (Å²) >= 11 is 0. The van der Waals surface area contributed by atoms with E-state index in [0.717, 1.165) is 0 Å². The number of rotatable bonds is 6. The number of nitrogens with two attached hydrogens (primary N) is 1. The fraction of sp³-hybridized carbons (Fsp3) is 0.778. The van der Waals surface area contributed by atoms with Crippen molar-refractivity contribution in [2.45, 2.75) is 45.7 Å². The van der Waals surface area contributed by atoms with Crippen molar-refractivity contribution in [1.29, 1.82) is 0 Å². The molecule has 0 aliphatic carbocycles. The summed E-state index contributed by atoms with van der Waals surface area (Å²) in [6.07, 6.45) is 0.743. The number of carbonyl (C=O) groups excluding carboxylic acids is 2. The molecule has 0 bridgehead atoms. The van der Waals surface area contributed by atoms with Gasteiger partial charge in [0.2, 0.25) is 5.91 Å². The second kappa shape index (κ2) is 5.70. The van der Waals surface area contributed by atoms with E-state index < -0.39 is 0 Å². The van der Waals surface area contributed by atoms with Crippen LogP contribution in [0.4, 0.5) is 0 Å². The first-order chi connectivity index (χ1) is 5.93. The highest BCUT2D eigenvalue weighted by Gasteiger charge is 2.15. The van der Waals surface area contributed by atoms with Crippen molar-refractivity contribution < 1.29 is 9.59 Å². The van der Waals surface area contributed by atoms with Crippen LogP contribution in [0.25, 0.3) is 0 Å². The Bertz CT molecular complexity index is 190. The van der Waals surface area contributed by atoms with E-state index in [1.807, 2.05) is 13.8 Å². The molecule has 0 aliphatic heterocycles. The predicted molar refractivity (Wildman–Crippen MR) is 51.2 cm³/mol. The lowest BCUT2D eigenvalue weighted by Gasteiger charge is -2.17. The molecule has 0 aromatic heterocycles. The Morgan fingerprint density at radius 3 is 2.23 bits per heavy atom. The van der Waals surface area contributed by atoms with Crippen LogP contribution in [0.2, 0.25) is 0 Å². The van der Waals surface area contributed by atoms with Gasteiger partial charge in [-0.3, -0.25) is 9.59 Å². The van der Waals surface area contributed by atoms with Crippen molar-refractivity contribution in [2.75, 3.05) is 0 Å². The predicted octanol–water partition coefficient (Wildman–Crippen LogP) is 0.208. The molecule has 1 atom stereocenters. The quantitative estimate of drug-likeness (QED) is 0.622. The maximum Gasteiger partial charge on any atom is 0.217 e. The maximum absolute atomic E-state index is 11.1. The highest BCUT2D eigenvalue weighted by molar-refractivity contribution is 5.82. The van der Waals surface area contributed by atoms with Gasteiger partial charge in [-0.25, -0.2) is 0 Å². The Balaban J connectivity index is 3.95. The lowest BCUT2D eigenvalue weighted by atomic mass is 10.1. The Morgan fingerprint density at radius 1 is 1.38 bits per heavy atom. The van der Waals surface area contributed by atoms with Gasteiger partial charge >= 0.3 is 0 Å². The van der Waals surface area contributed by atoms with Gasteiger partial charge in [0.25, 0.3) is 0 Å². The SMILES string of the molecule is CC(=O)[C@H](CCC(N)=O)NC(C)C. The molecule has 0 aliphatic rings. The summed E-state index contributed by atoms with van der Waals surface area (Å²) in [5.41, 5.74) is 4.99. The first kappa shape index (κ1) is 12.1. The number of carbonyl (C=O) groups is 2. The smallest absolute Gasteiger partial charge is 0.217 e. The molecule has 4 nitrogen and oxygen atoms in total. The molecule has 0 aromatic rings. The van der Waals surface area contributed by atoms with Crippen LogP contribution in [0.1, 0.15) is 33.6 Å². The van der Waals surface area contributed by atoms with E-state index in [1.165, 1.54) is 6.92 Å². The Morgan fingerprint density at radius 2 is 1.92 bits per heavy atom. The summed E-state index contributed by atoms with van der Waals surface area (Å²) in [6.45, 7) is 5.43. The van der Waals surface area contributed by atoms with Crippen LogP contribution in [0.3, 0.4) is 0 Å². The molecule has 0 saturated carbocycles. The average molecular weight is 186 g/mol. The summed E-state index contributed by atoms with van der Waals surface area (Å²) in [4.78, 5) is 21.6. The van der Waals surface area contributed by atoms with Gasteiger partial charge in [0.1, 0.15) is 5.78 Å². The fourth-order valence-electron chi connectivity index (χ4n) is 1.09. The summed E-state index contributed by atoms with van der Waals surface area (Å²) in [5.74, 6) is -0.313. The largest absolute Gasteiger partial charge is 0.370 e. The van der Waals surface area contributed by atoms with Crippen molar-refractivity contribution in [3.05, 3.63) is 0 Å². The molecule has 0 rings (SSSR count). The van der Waals surface area contributed by atoms with Gasteiger partial charge in [0.05, 0.1) is 6.04 Å². The molecule has 0 aromatic carbocycles. The van der Waals surface area contributed by atoms with Crippen molar-refractivity contribution >= 4 is 11.7 Å². The van der Waals surface area contributed by atoms with E-state index in [9.17, 15) is 9.59 Å². The van der Waals surface area contributed by atoms with Crippen molar-refractivity contribution in [3.63, 3.8) is 0 Å². The van der Waals surface area contributed by atoms with Gasteiger partial charge in [-0.2, -0.15) is 0 Å². The summed E-state index contributed by atoms with van der Waals surface area (Å²) in [6, 6.07) is -0.00530. The van der Waals surface area contributed by atoms with E-state index in [1.54, 1.807) is 0 Å². The normalized spacial score (nSPS) is 12.9. The molecule has 0 fully saturated rings. The molecule has 1 amide bonds. The first-order valence-electron chi connectivity index (χ1n) is 4.48. The van der Waals surface area contributed by atoms with Crippen LogP contribution in [0.5, 0.6) is 0 Å². The highest BCUT2D eigenvalue weighted by Crippen LogP contribution is 1.99. The number of hydrogen-bond donors (Lipinski definition) is 2. The Kier molecular flexibility index (Phi) is 5.30. The summed E-state index contributed by atoms with van der Waals surface area (Å²) in [7, 11) is 0. The van der Waals surface area contributed by atoms with E-state index in [0.29, 0.717) is 6.42 Å². The van der Waals surface area contributed by atoms with Crippen molar-refractivity contribution in [1.82, 2.24) is 5.32 Å². The third-order valence-corrected chi connectivity index (χ3v) is 1.70. The molecule has 4 heteroatoms. The molecular weight excluding hydrogens is 168 g/mol. The highest BCUT2D eigenvalue weighted by atomic mass is 16.1. The first-order valence-corrected chi connectivity index (χ1v) is 4.48. The van der Waals surface area contributed by atoms with Gasteiger partial charge in [0, 0.05) is 12.5 Å². The van der Waals surface area contributed by atoms with Gasteiger partial charge in [-0.05, 0) is 13.3 Å². The minimum Gasteiger partial charge on any atom is -0.370 e. The van der Waals surface area contributed by atoms with Gasteiger partial charge < -0.3 is 11.1 Å². The lowest BCUT2D eigenvalue weighted by Crippen LogP contribution is -2.40. The molecule has 0 radical (unpaired) electrons. The molecular formula is C9H18N2O2. The molecule has 0 spiro atoms. The minimum absolute atomic E-state index is 0.0509. The molecule has 0 saturated heterocycles. The number of primary amides is 1. The second-order valence-electron chi connectivity index (χ2n) is 3.49. The number of nitrogens with one attached hydrogen (secondary N) is 1. The number of hydrogen-bond acceptors (Lipinski definition) is 3. The molecule has 3 N–H and O–H groups in total. The lowest BCUT2D eigenvalue weighted by molar-refractivity contribution is -0.120. The monoisotopic (exact) mass is 186 g/mol. The van der Waals surface area contributed by atoms with Crippen LogP contribution in [0, 0.1) is 0 Å². The van der Waals surface area contributed by atoms with E-state index in [-0.39, 0.29) is 30.2 Å². The third-order valence-electron chi connectivity index (χ3n) is 1.70. The van der Waals surface area contributed by atoms with Crippen LogP contribution in [-0.4, -0.2) is 23.8 Å². The molecule has 0 unspecified atom stereocenters. The van der Waals surface area contributed by atoms with Crippen LogP contribution < -0.4 is 11.1 Å². The number of ketones is 1. The minimum atomic E-state index is -0.364. The summed E-state index contributed by atoms with van der Waals surface area (Å²) in [5, 5.41) is 3.08. The Labute approximate surface area is 78.9 Å². The zero-order valence-corrected chi connectivity index (χ0v) is 8.46. The standard InChI is InChI=1S/C9H18N2O2/c1-6(2)11-8(7(3)12)4-5-9(10)13/h6,8,11H,4-5H2,1-3H3,(H2,10,13)/t8-/m0/s1. The van der Waals surface area contributed by atoms with E-state index in [4.69, 9.17) is 5.73 Å². The second-order valence-corrected chi connectivity index (χ2v) is 3.49. The van der Waals surface area contributed by atoms with Gasteiger partial charge in [-0.15, -0.1) is 0 Å². The Hall–Kier alpha value is -0.900. The van der Waals surface area contributed by atoms with Crippen LogP contribution in [-0.2, 0) is 9.59 Å². The topological polar surface area (TPSA) is 72.2 Å². The zero-order valence-electron chi connectivity index (χ0n) is 8.46. The zero-order chi connectivity index (χ0) is 10.4. The fourth-order valence-corrected chi connectivity index (χ4v) is 1.09. The van der Waals surface area contributed by atoms with Crippen molar-refractivity contribution in [2.24, 2.45) is 5.73 Å². The number of amides is 1. The summed E-state index contributed by atoms with van der Waals surface area (Å²) < 4.78 is 0. The van der Waals surface area contributed by atoms with E-state index in [2.05, 4.69) is 5.32 Å². The maximum atomic E-state index is 11.1. The molecule has 0 heterocycles. The van der Waals surface area contributed by atoms with E-state index >= 15 is 0 Å². The van der Waals surface area contributed by atoms with Crippen LogP contribution >= 0.6 is 0 Å². The average Bonchev–Trinajstić information content (AvgIpc) is 1.96. The van der Waals surface area contributed by atoms with Gasteiger partial charge in [-0.1, -0.05) is 13.8 Å². The number of Topliss-reactive ketones (excluding diaryl/α,β-unsaturated/α-hetero) is 1. The van der Waals surface area contributed by atoms with Crippen molar-refractivity contribution in [3.8, 4) is 0 Å². The third kappa shape index (κ3) is 6.28. The molecule has 13 heavy (non-hydrogen) atoms. The molecule has 76 valence electrons.